The van der Waals surface area contributed by atoms with E-state index in [0.717, 1.165) is 11.5 Å². The van der Waals surface area contributed by atoms with E-state index in [1.54, 1.807) is 0 Å². The molecule has 1 heterocycles. The minimum Gasteiger partial charge on any atom is -0.345 e. The number of non-ortho nitro benzene ring substituents is 1. The maximum absolute atomic E-state index is 11.8. The summed E-state index contributed by atoms with van der Waals surface area (Å²) >= 11 is 0. The lowest BCUT2D eigenvalue weighted by Crippen LogP contribution is -2.35. The van der Waals surface area contributed by atoms with Gasteiger partial charge in [-0.05, 0) is 12.1 Å². The Morgan fingerprint density at radius 2 is 2.16 bits per heavy atom. The van der Waals surface area contributed by atoms with Crippen molar-refractivity contribution in [1.29, 1.82) is 0 Å². The van der Waals surface area contributed by atoms with Crippen LogP contribution in [-0.2, 0) is 9.84 Å². The van der Waals surface area contributed by atoms with Gasteiger partial charge in [-0.3, -0.25) is 14.9 Å². The lowest BCUT2D eigenvalue weighted by Gasteiger charge is -2.09. The summed E-state index contributed by atoms with van der Waals surface area (Å²) in [5.41, 5.74) is -0.0749. The number of nitrogens with one attached hydrogen (secondary N) is 1. The van der Waals surface area contributed by atoms with E-state index in [-0.39, 0.29) is 17.0 Å². The molecule has 1 aliphatic rings. The van der Waals surface area contributed by atoms with Gasteiger partial charge in [-0.15, -0.1) is 0 Å². The van der Waals surface area contributed by atoms with Crippen molar-refractivity contribution >= 4 is 21.4 Å². The molecule has 100 valence electrons. The van der Waals surface area contributed by atoms with E-state index in [2.05, 4.69) is 5.32 Å². The fourth-order valence-electron chi connectivity index (χ4n) is 1.68. The molecule has 0 saturated heterocycles. The van der Waals surface area contributed by atoms with Gasteiger partial charge in [0.1, 0.15) is 0 Å². The molecule has 0 aliphatic carbocycles. The van der Waals surface area contributed by atoms with Gasteiger partial charge in [0.2, 0.25) is 0 Å². The van der Waals surface area contributed by atoms with E-state index >= 15 is 0 Å². The van der Waals surface area contributed by atoms with E-state index in [4.69, 9.17) is 0 Å². The molecule has 1 aromatic carbocycles. The van der Waals surface area contributed by atoms with Gasteiger partial charge in [0.15, 0.2) is 9.84 Å². The molecule has 8 heteroatoms. The summed E-state index contributed by atoms with van der Waals surface area (Å²) in [6.07, 6.45) is 1.38. The van der Waals surface area contributed by atoms with Crippen molar-refractivity contribution in [2.75, 3.05) is 5.75 Å². The van der Waals surface area contributed by atoms with Crippen LogP contribution in [0.1, 0.15) is 10.4 Å². The highest BCUT2D eigenvalue weighted by Gasteiger charge is 2.23. The second-order valence-corrected chi connectivity index (χ2v) is 5.98. The van der Waals surface area contributed by atoms with Gasteiger partial charge in [0.25, 0.3) is 11.6 Å². The number of hydrogen-bond acceptors (Lipinski definition) is 5. The molecular weight excluding hydrogens is 272 g/mol. The minimum absolute atomic E-state index is 0.117. The van der Waals surface area contributed by atoms with E-state index in [0.29, 0.717) is 0 Å². The summed E-state index contributed by atoms with van der Waals surface area (Å²) in [7, 11) is -3.25. The number of hydrogen-bond donors (Lipinski definition) is 1. The van der Waals surface area contributed by atoms with Gasteiger partial charge < -0.3 is 5.32 Å². The number of carbonyl (C=O) groups is 1. The first kappa shape index (κ1) is 13.2. The van der Waals surface area contributed by atoms with Crippen LogP contribution in [0.15, 0.2) is 35.7 Å². The van der Waals surface area contributed by atoms with Crippen LogP contribution in [0.5, 0.6) is 0 Å². The predicted molar refractivity (Wildman–Crippen MR) is 67.3 cm³/mol. The molecule has 0 radical (unpaired) electrons. The Labute approximate surface area is 109 Å². The molecule has 1 aliphatic heterocycles. The van der Waals surface area contributed by atoms with Crippen molar-refractivity contribution in [2.45, 2.75) is 6.04 Å². The van der Waals surface area contributed by atoms with Crippen molar-refractivity contribution < 1.29 is 18.1 Å². The number of nitro groups is 1. The number of nitro benzene ring substituents is 1. The second kappa shape index (κ2) is 4.81. The summed E-state index contributed by atoms with van der Waals surface area (Å²) in [6, 6.07) is 4.64. The Kier molecular flexibility index (Phi) is 3.34. The smallest absolute Gasteiger partial charge is 0.270 e. The predicted octanol–water partition coefficient (Wildman–Crippen LogP) is 0.635. The Morgan fingerprint density at radius 3 is 2.74 bits per heavy atom. The highest BCUT2D eigenvalue weighted by atomic mass is 32.2. The normalized spacial score (nSPS) is 20.1. The Balaban J connectivity index is 2.11. The average molecular weight is 282 g/mol. The van der Waals surface area contributed by atoms with Crippen LogP contribution in [0.25, 0.3) is 0 Å². The number of nitrogens with zero attached hydrogens (tertiary/aromatic N) is 1. The number of carbonyl (C=O) groups excluding carboxylic acids is 1. The summed E-state index contributed by atoms with van der Waals surface area (Å²) in [6.45, 7) is 0. The molecule has 1 aromatic rings. The van der Waals surface area contributed by atoms with Crippen LogP contribution < -0.4 is 5.32 Å². The van der Waals surface area contributed by atoms with E-state index in [1.165, 1.54) is 24.3 Å². The van der Waals surface area contributed by atoms with Crippen molar-refractivity contribution in [3.05, 3.63) is 51.4 Å². The molecule has 2 rings (SSSR count). The van der Waals surface area contributed by atoms with Crippen LogP contribution in [0.4, 0.5) is 5.69 Å². The summed E-state index contributed by atoms with van der Waals surface area (Å²) < 4.78 is 22.3. The van der Waals surface area contributed by atoms with E-state index in [9.17, 15) is 23.3 Å². The number of benzene rings is 1. The van der Waals surface area contributed by atoms with E-state index in [1.807, 2.05) is 0 Å². The standard InChI is InChI=1S/C11H10N2O5S/c14-11(12-9-4-5-19(17,18)7-9)8-2-1-3-10(6-8)13(15)16/h1-6,9H,7H2,(H,12,14)/t9-/m0/s1. The first-order valence-electron chi connectivity index (χ1n) is 5.34. The maximum atomic E-state index is 11.8. The largest absolute Gasteiger partial charge is 0.345 e. The van der Waals surface area contributed by atoms with Gasteiger partial charge >= 0.3 is 0 Å². The molecule has 1 N–H and O–H groups in total. The van der Waals surface area contributed by atoms with Gasteiger partial charge in [0.05, 0.1) is 16.7 Å². The van der Waals surface area contributed by atoms with Crippen LogP contribution >= 0.6 is 0 Å². The monoisotopic (exact) mass is 282 g/mol. The highest BCUT2D eigenvalue weighted by Crippen LogP contribution is 2.14. The van der Waals surface area contributed by atoms with E-state index < -0.39 is 26.7 Å². The van der Waals surface area contributed by atoms with Crippen LogP contribution in [0, 0.1) is 10.1 Å². The van der Waals surface area contributed by atoms with Crippen molar-refractivity contribution in [2.24, 2.45) is 0 Å². The Bertz CT molecular complexity index is 665. The molecule has 7 nitrogen and oxygen atoms in total. The third kappa shape index (κ3) is 3.16. The third-order valence-electron chi connectivity index (χ3n) is 2.57. The summed E-state index contributed by atoms with van der Waals surface area (Å²) in [5.74, 6) is -0.733. The molecule has 1 atom stereocenters. The molecule has 1 amide bonds. The average Bonchev–Trinajstić information content (AvgIpc) is 2.68. The SMILES string of the molecule is O=C(N[C@H]1C=CS(=O)(=O)C1)c1cccc([N+](=O)[O-])c1. The molecule has 0 fully saturated rings. The molecular formula is C11H10N2O5S. The first-order chi connectivity index (χ1) is 8.87. The molecule has 19 heavy (non-hydrogen) atoms. The third-order valence-corrected chi connectivity index (χ3v) is 3.96. The molecule has 0 saturated carbocycles. The molecule has 0 spiro atoms. The quantitative estimate of drug-likeness (QED) is 0.646. The highest BCUT2D eigenvalue weighted by molar-refractivity contribution is 7.94. The second-order valence-electron chi connectivity index (χ2n) is 4.05. The van der Waals surface area contributed by atoms with Crippen molar-refractivity contribution in [3.8, 4) is 0 Å². The molecule has 0 unspecified atom stereocenters. The molecule has 0 bridgehead atoms. The minimum atomic E-state index is -3.25. The zero-order valence-corrected chi connectivity index (χ0v) is 10.5. The number of rotatable bonds is 3. The van der Waals surface area contributed by atoms with Crippen molar-refractivity contribution in [3.63, 3.8) is 0 Å². The summed E-state index contributed by atoms with van der Waals surface area (Å²) in [4.78, 5) is 21.8. The van der Waals surface area contributed by atoms with Crippen LogP contribution in [0.2, 0.25) is 0 Å². The van der Waals surface area contributed by atoms with Crippen molar-refractivity contribution in [1.82, 2.24) is 5.32 Å². The van der Waals surface area contributed by atoms with Crippen LogP contribution in [-0.4, -0.2) is 31.0 Å². The topological polar surface area (TPSA) is 106 Å². The van der Waals surface area contributed by atoms with Crippen LogP contribution in [0.3, 0.4) is 0 Å². The zero-order chi connectivity index (χ0) is 14.0. The fraction of sp³-hybridized carbons (Fsp3) is 0.182. The number of amides is 1. The molecule has 0 aromatic heterocycles. The lowest BCUT2D eigenvalue weighted by molar-refractivity contribution is -0.384. The summed E-state index contributed by atoms with van der Waals surface area (Å²) in [5, 5.41) is 14.1. The van der Waals surface area contributed by atoms with Gasteiger partial charge in [0, 0.05) is 23.1 Å². The number of sulfone groups is 1. The Hall–Kier alpha value is -2.22. The maximum Gasteiger partial charge on any atom is 0.270 e. The zero-order valence-electron chi connectivity index (χ0n) is 9.65. The van der Waals surface area contributed by atoms with Gasteiger partial charge in [-0.1, -0.05) is 6.07 Å². The van der Waals surface area contributed by atoms with Gasteiger partial charge in [-0.25, -0.2) is 8.42 Å². The fourth-order valence-corrected chi connectivity index (χ4v) is 2.91. The first-order valence-corrected chi connectivity index (χ1v) is 7.05. The Morgan fingerprint density at radius 1 is 1.42 bits per heavy atom. The lowest BCUT2D eigenvalue weighted by atomic mass is 10.2. The van der Waals surface area contributed by atoms with Gasteiger partial charge in [-0.2, -0.15) is 0 Å².